The number of aryl methyl sites for hydroxylation is 1. The molecule has 0 aliphatic heterocycles. The molecule has 0 amide bonds. The highest BCUT2D eigenvalue weighted by Gasteiger charge is 2.33. The van der Waals surface area contributed by atoms with Crippen molar-refractivity contribution >= 4 is 15.6 Å². The third-order valence-corrected chi connectivity index (χ3v) is 5.27. The molecule has 1 heterocycles. The predicted octanol–water partition coefficient (Wildman–Crippen LogP) is 1.57. The molecule has 104 valence electrons. The highest BCUT2D eigenvalue weighted by atomic mass is 32.2. The Hall–Kier alpha value is -1.30. The van der Waals surface area contributed by atoms with E-state index in [2.05, 4.69) is 9.97 Å². The summed E-state index contributed by atoms with van der Waals surface area (Å²) in [5.41, 5.74) is 0.395. The molecule has 2 unspecified atom stereocenters. The van der Waals surface area contributed by atoms with E-state index in [1.54, 1.807) is 19.2 Å². The van der Waals surface area contributed by atoms with Gasteiger partial charge in [0.1, 0.15) is 21.4 Å². The average Bonchev–Trinajstić information content (AvgIpc) is 2.37. The van der Waals surface area contributed by atoms with Crippen molar-refractivity contribution in [2.24, 2.45) is 5.92 Å². The number of aromatic nitrogens is 2. The molecule has 0 spiro atoms. The fourth-order valence-electron chi connectivity index (χ4n) is 2.57. The summed E-state index contributed by atoms with van der Waals surface area (Å²) in [6.45, 7) is 1.73. The number of sulfone groups is 1. The van der Waals surface area contributed by atoms with Crippen molar-refractivity contribution in [3.63, 3.8) is 0 Å². The van der Waals surface area contributed by atoms with E-state index in [1.165, 1.54) is 6.26 Å². The molecule has 2 rings (SSSR count). The summed E-state index contributed by atoms with van der Waals surface area (Å²) in [6.07, 6.45) is 5.41. The van der Waals surface area contributed by atoms with Gasteiger partial charge in [-0.25, -0.2) is 18.4 Å². The van der Waals surface area contributed by atoms with Gasteiger partial charge < -0.3 is 0 Å². The fraction of sp³-hybridized carbons (Fsp3) is 0.615. The van der Waals surface area contributed by atoms with Crippen LogP contribution in [-0.2, 0) is 9.84 Å². The van der Waals surface area contributed by atoms with Crippen molar-refractivity contribution in [2.75, 3.05) is 6.26 Å². The van der Waals surface area contributed by atoms with Crippen LogP contribution < -0.4 is 0 Å². The van der Waals surface area contributed by atoms with E-state index in [1.807, 2.05) is 0 Å². The van der Waals surface area contributed by atoms with E-state index in [0.717, 1.165) is 12.8 Å². The van der Waals surface area contributed by atoms with Gasteiger partial charge in [0.2, 0.25) is 0 Å². The molecule has 0 N–H and O–H groups in total. The van der Waals surface area contributed by atoms with Crippen LogP contribution in [0.25, 0.3) is 0 Å². The third-order valence-electron chi connectivity index (χ3n) is 3.63. The lowest BCUT2D eigenvalue weighted by molar-refractivity contribution is 0.0885. The Kier molecular flexibility index (Phi) is 3.99. The molecule has 6 heteroatoms. The first-order valence-corrected chi connectivity index (χ1v) is 8.36. The van der Waals surface area contributed by atoms with Crippen LogP contribution in [0.2, 0.25) is 0 Å². The first-order valence-electron chi connectivity index (χ1n) is 6.40. The Morgan fingerprint density at radius 3 is 2.74 bits per heavy atom. The third kappa shape index (κ3) is 3.37. The minimum atomic E-state index is -3.07. The normalized spacial score (nSPS) is 24.1. The standard InChI is InChI=1S/C13H18N2O3S/c1-9-14-7-6-12(15-9)13(16)10-4-3-5-11(8-10)19(2,17)18/h6-7,10-11H,3-5,8H2,1-2H3. The van der Waals surface area contributed by atoms with Gasteiger partial charge in [-0.15, -0.1) is 0 Å². The molecular weight excluding hydrogens is 264 g/mol. The van der Waals surface area contributed by atoms with Crippen LogP contribution in [0.3, 0.4) is 0 Å². The van der Waals surface area contributed by atoms with Gasteiger partial charge in [0, 0.05) is 18.4 Å². The van der Waals surface area contributed by atoms with E-state index in [9.17, 15) is 13.2 Å². The zero-order valence-electron chi connectivity index (χ0n) is 11.2. The number of rotatable bonds is 3. The minimum Gasteiger partial charge on any atom is -0.292 e. The van der Waals surface area contributed by atoms with Gasteiger partial charge in [0.15, 0.2) is 5.78 Å². The predicted molar refractivity (Wildman–Crippen MR) is 71.7 cm³/mol. The van der Waals surface area contributed by atoms with Crippen LogP contribution in [0, 0.1) is 12.8 Å². The van der Waals surface area contributed by atoms with E-state index in [-0.39, 0.29) is 11.7 Å². The second kappa shape index (κ2) is 5.36. The summed E-state index contributed by atoms with van der Waals surface area (Å²) >= 11 is 0. The van der Waals surface area contributed by atoms with Gasteiger partial charge in [-0.05, 0) is 32.3 Å². The highest BCUT2D eigenvalue weighted by Crippen LogP contribution is 2.30. The van der Waals surface area contributed by atoms with E-state index >= 15 is 0 Å². The number of ketones is 1. The first kappa shape index (κ1) is 14.1. The van der Waals surface area contributed by atoms with Gasteiger partial charge >= 0.3 is 0 Å². The lowest BCUT2D eigenvalue weighted by atomic mass is 9.85. The number of carbonyl (C=O) groups is 1. The first-order chi connectivity index (χ1) is 8.88. The van der Waals surface area contributed by atoms with Gasteiger partial charge in [-0.3, -0.25) is 4.79 Å². The maximum atomic E-state index is 12.3. The van der Waals surface area contributed by atoms with Crippen molar-refractivity contribution in [3.8, 4) is 0 Å². The molecule has 1 saturated carbocycles. The molecule has 1 aromatic heterocycles. The zero-order chi connectivity index (χ0) is 14.0. The van der Waals surface area contributed by atoms with Gasteiger partial charge in [-0.1, -0.05) is 6.42 Å². The molecule has 0 radical (unpaired) electrons. The van der Waals surface area contributed by atoms with Gasteiger partial charge in [-0.2, -0.15) is 0 Å². The SMILES string of the molecule is Cc1nccc(C(=O)C2CCCC(S(C)(=O)=O)C2)n1. The largest absolute Gasteiger partial charge is 0.292 e. The molecule has 2 atom stereocenters. The molecule has 1 aliphatic rings. The van der Waals surface area contributed by atoms with Crippen molar-refractivity contribution in [1.29, 1.82) is 0 Å². The summed E-state index contributed by atoms with van der Waals surface area (Å²) in [5.74, 6) is 0.267. The molecule has 1 aliphatic carbocycles. The topological polar surface area (TPSA) is 77.0 Å². The highest BCUT2D eigenvalue weighted by molar-refractivity contribution is 7.91. The van der Waals surface area contributed by atoms with Gasteiger partial charge in [0.25, 0.3) is 0 Å². The minimum absolute atomic E-state index is 0.0566. The maximum absolute atomic E-state index is 12.3. The van der Waals surface area contributed by atoms with Crippen LogP contribution in [-0.4, -0.2) is 35.7 Å². The maximum Gasteiger partial charge on any atom is 0.184 e. The fourth-order valence-corrected chi connectivity index (χ4v) is 3.75. The molecular formula is C13H18N2O3S. The Morgan fingerprint density at radius 1 is 1.37 bits per heavy atom. The molecule has 1 fully saturated rings. The van der Waals surface area contributed by atoms with Gasteiger partial charge in [0.05, 0.1) is 5.25 Å². The van der Waals surface area contributed by atoms with E-state index in [0.29, 0.717) is 24.4 Å². The summed E-state index contributed by atoms with van der Waals surface area (Å²) in [6, 6.07) is 1.60. The Labute approximate surface area is 113 Å². The summed E-state index contributed by atoms with van der Waals surface area (Å²) in [5, 5.41) is -0.391. The number of hydrogen-bond donors (Lipinski definition) is 0. The van der Waals surface area contributed by atoms with Crippen molar-refractivity contribution in [2.45, 2.75) is 37.9 Å². The summed E-state index contributed by atoms with van der Waals surface area (Å²) in [7, 11) is -3.07. The molecule has 1 aromatic rings. The molecule has 0 saturated heterocycles. The molecule has 19 heavy (non-hydrogen) atoms. The van der Waals surface area contributed by atoms with Crippen molar-refractivity contribution in [3.05, 3.63) is 23.8 Å². The zero-order valence-corrected chi connectivity index (χ0v) is 12.0. The van der Waals surface area contributed by atoms with Crippen LogP contribution in [0.15, 0.2) is 12.3 Å². The molecule has 0 bridgehead atoms. The summed E-state index contributed by atoms with van der Waals surface area (Å²) < 4.78 is 23.2. The Morgan fingerprint density at radius 2 is 2.11 bits per heavy atom. The number of carbonyl (C=O) groups excluding carboxylic acids is 1. The number of hydrogen-bond acceptors (Lipinski definition) is 5. The molecule has 5 nitrogen and oxygen atoms in total. The van der Waals surface area contributed by atoms with Crippen LogP contribution in [0.5, 0.6) is 0 Å². The smallest absolute Gasteiger partial charge is 0.184 e. The Bertz CT molecular complexity index is 583. The molecule has 0 aromatic carbocycles. The second-order valence-electron chi connectivity index (χ2n) is 5.17. The van der Waals surface area contributed by atoms with E-state index < -0.39 is 15.1 Å². The second-order valence-corrected chi connectivity index (χ2v) is 7.49. The monoisotopic (exact) mass is 282 g/mol. The van der Waals surface area contributed by atoms with Crippen molar-refractivity contribution in [1.82, 2.24) is 9.97 Å². The lowest BCUT2D eigenvalue weighted by Gasteiger charge is -2.26. The Balaban J connectivity index is 2.16. The number of nitrogens with zero attached hydrogens (tertiary/aromatic N) is 2. The quantitative estimate of drug-likeness (QED) is 0.786. The van der Waals surface area contributed by atoms with E-state index in [4.69, 9.17) is 0 Å². The average molecular weight is 282 g/mol. The lowest BCUT2D eigenvalue weighted by Crippen LogP contribution is -2.31. The number of Topliss-reactive ketones (excluding diaryl/α,β-unsaturated/α-hetero) is 1. The summed E-state index contributed by atoms with van der Waals surface area (Å²) in [4.78, 5) is 20.4. The van der Waals surface area contributed by atoms with Crippen LogP contribution >= 0.6 is 0 Å². The van der Waals surface area contributed by atoms with Crippen molar-refractivity contribution < 1.29 is 13.2 Å². The van der Waals surface area contributed by atoms with Crippen LogP contribution in [0.1, 0.15) is 42.0 Å². The van der Waals surface area contributed by atoms with Crippen LogP contribution in [0.4, 0.5) is 0 Å².